The maximum Gasteiger partial charge on any atom is 0.328 e. The van der Waals surface area contributed by atoms with Crippen LogP contribution in [0.25, 0.3) is 16.9 Å². The van der Waals surface area contributed by atoms with Gasteiger partial charge in [-0.3, -0.25) is 0 Å². The third-order valence-corrected chi connectivity index (χ3v) is 2.72. The predicted octanol–water partition coefficient (Wildman–Crippen LogP) is 4.09. The van der Waals surface area contributed by atoms with Gasteiger partial charge >= 0.3 is 5.97 Å². The predicted molar refractivity (Wildman–Crippen MR) is 70.4 cm³/mol. The van der Waals surface area contributed by atoms with E-state index in [0.29, 0.717) is 22.1 Å². The molecule has 18 heavy (non-hydrogen) atoms. The molecule has 2 rings (SSSR count). The van der Waals surface area contributed by atoms with Crippen LogP contribution < -0.4 is 0 Å². The Morgan fingerprint density at radius 1 is 1.22 bits per heavy atom. The lowest BCUT2D eigenvalue weighted by molar-refractivity contribution is -0.131. The minimum Gasteiger partial charge on any atom is -0.478 e. The Hall–Kier alpha value is -2.00. The maximum atomic E-state index is 10.6. The van der Waals surface area contributed by atoms with E-state index in [1.165, 1.54) is 0 Å². The zero-order chi connectivity index (χ0) is 13.1. The van der Waals surface area contributed by atoms with E-state index in [9.17, 15) is 4.79 Å². The van der Waals surface area contributed by atoms with Crippen molar-refractivity contribution in [3.63, 3.8) is 0 Å². The SMILES string of the molecule is C/C(=C\C(=O)O)c1ccc(-c2ccc(Cl)cc2)o1. The van der Waals surface area contributed by atoms with Crippen LogP contribution in [0.2, 0.25) is 5.02 Å². The van der Waals surface area contributed by atoms with Crippen LogP contribution in [0.4, 0.5) is 0 Å². The van der Waals surface area contributed by atoms with Gasteiger partial charge in [-0.05, 0) is 48.9 Å². The summed E-state index contributed by atoms with van der Waals surface area (Å²) in [6, 6.07) is 10.8. The average molecular weight is 263 g/mol. The molecule has 1 aromatic carbocycles. The molecule has 2 aromatic rings. The first-order chi connectivity index (χ1) is 8.56. The summed E-state index contributed by atoms with van der Waals surface area (Å²) >= 11 is 5.81. The molecule has 1 N–H and O–H groups in total. The molecular formula is C14H11ClO3. The standard InChI is InChI=1S/C14H11ClO3/c1-9(8-14(16)17)12-6-7-13(18-12)10-2-4-11(15)5-3-10/h2-8H,1H3,(H,16,17)/b9-8+. The highest BCUT2D eigenvalue weighted by atomic mass is 35.5. The van der Waals surface area contributed by atoms with Crippen LogP contribution in [-0.4, -0.2) is 11.1 Å². The van der Waals surface area contributed by atoms with Gasteiger partial charge in [0.05, 0.1) is 0 Å². The highest BCUT2D eigenvalue weighted by Crippen LogP contribution is 2.26. The first-order valence-electron chi connectivity index (χ1n) is 5.33. The summed E-state index contributed by atoms with van der Waals surface area (Å²) in [5.74, 6) is 0.235. The summed E-state index contributed by atoms with van der Waals surface area (Å²) in [6.45, 7) is 1.69. The molecule has 0 spiro atoms. The monoisotopic (exact) mass is 262 g/mol. The Kier molecular flexibility index (Phi) is 3.53. The molecule has 0 radical (unpaired) electrons. The zero-order valence-electron chi connectivity index (χ0n) is 9.68. The normalized spacial score (nSPS) is 11.6. The number of carbonyl (C=O) groups is 1. The molecule has 4 heteroatoms. The smallest absolute Gasteiger partial charge is 0.328 e. The second kappa shape index (κ2) is 5.10. The van der Waals surface area contributed by atoms with Gasteiger partial charge in [-0.1, -0.05) is 11.6 Å². The Morgan fingerprint density at radius 3 is 2.50 bits per heavy atom. The summed E-state index contributed by atoms with van der Waals surface area (Å²) in [4.78, 5) is 10.6. The number of allylic oxidation sites excluding steroid dienone is 1. The van der Waals surface area contributed by atoms with Crippen molar-refractivity contribution < 1.29 is 14.3 Å². The van der Waals surface area contributed by atoms with Crippen molar-refractivity contribution in [3.05, 3.63) is 53.3 Å². The second-order valence-corrected chi connectivity index (χ2v) is 4.27. The molecular weight excluding hydrogens is 252 g/mol. The lowest BCUT2D eigenvalue weighted by Crippen LogP contribution is -1.88. The van der Waals surface area contributed by atoms with E-state index in [0.717, 1.165) is 11.6 Å². The van der Waals surface area contributed by atoms with Crippen molar-refractivity contribution in [2.75, 3.05) is 0 Å². The van der Waals surface area contributed by atoms with Gasteiger partial charge in [0.25, 0.3) is 0 Å². The highest BCUT2D eigenvalue weighted by molar-refractivity contribution is 6.30. The van der Waals surface area contributed by atoms with Crippen LogP contribution in [0, 0.1) is 0 Å². The fourth-order valence-electron chi connectivity index (χ4n) is 1.58. The number of carboxylic acids is 1. The van der Waals surface area contributed by atoms with Gasteiger partial charge in [0, 0.05) is 16.7 Å². The topological polar surface area (TPSA) is 50.4 Å². The molecule has 1 heterocycles. The van der Waals surface area contributed by atoms with Gasteiger partial charge in [-0.25, -0.2) is 4.79 Å². The number of furan rings is 1. The number of benzene rings is 1. The van der Waals surface area contributed by atoms with Crippen molar-refractivity contribution >= 4 is 23.1 Å². The van der Waals surface area contributed by atoms with Crippen LogP contribution in [-0.2, 0) is 4.79 Å². The van der Waals surface area contributed by atoms with Crippen molar-refractivity contribution in [2.45, 2.75) is 6.92 Å². The largest absolute Gasteiger partial charge is 0.478 e. The molecule has 0 aliphatic rings. The first kappa shape index (κ1) is 12.5. The van der Waals surface area contributed by atoms with E-state index in [4.69, 9.17) is 21.1 Å². The third kappa shape index (κ3) is 2.81. The molecule has 0 aliphatic heterocycles. The zero-order valence-corrected chi connectivity index (χ0v) is 10.4. The molecule has 0 saturated carbocycles. The summed E-state index contributed by atoms with van der Waals surface area (Å²) in [7, 11) is 0. The third-order valence-electron chi connectivity index (χ3n) is 2.46. The molecule has 0 amide bonds. The van der Waals surface area contributed by atoms with Gasteiger partial charge in [-0.2, -0.15) is 0 Å². The van der Waals surface area contributed by atoms with Gasteiger partial charge in [-0.15, -0.1) is 0 Å². The lowest BCUT2D eigenvalue weighted by atomic mass is 10.2. The molecule has 1 aromatic heterocycles. The fraction of sp³-hybridized carbons (Fsp3) is 0.0714. The van der Waals surface area contributed by atoms with E-state index < -0.39 is 5.97 Å². The maximum absolute atomic E-state index is 10.6. The van der Waals surface area contributed by atoms with E-state index >= 15 is 0 Å². The molecule has 0 atom stereocenters. The molecule has 0 bridgehead atoms. The molecule has 0 fully saturated rings. The molecule has 0 saturated heterocycles. The van der Waals surface area contributed by atoms with Crippen molar-refractivity contribution in [3.8, 4) is 11.3 Å². The van der Waals surface area contributed by atoms with Crippen LogP contribution in [0.3, 0.4) is 0 Å². The van der Waals surface area contributed by atoms with E-state index in [-0.39, 0.29) is 0 Å². The van der Waals surface area contributed by atoms with Crippen LogP contribution >= 0.6 is 11.6 Å². The minimum absolute atomic E-state index is 0.544. The van der Waals surface area contributed by atoms with Gasteiger partial charge in [0.2, 0.25) is 0 Å². The number of aliphatic carboxylic acids is 1. The second-order valence-electron chi connectivity index (χ2n) is 3.84. The number of hydrogen-bond acceptors (Lipinski definition) is 2. The summed E-state index contributed by atoms with van der Waals surface area (Å²) < 4.78 is 5.60. The number of halogens is 1. The van der Waals surface area contributed by atoms with E-state index in [1.54, 1.807) is 31.2 Å². The minimum atomic E-state index is -0.989. The van der Waals surface area contributed by atoms with Crippen molar-refractivity contribution in [1.29, 1.82) is 0 Å². The van der Waals surface area contributed by atoms with Gasteiger partial charge in [0.1, 0.15) is 11.5 Å². The quantitative estimate of drug-likeness (QED) is 0.848. The van der Waals surface area contributed by atoms with Crippen LogP contribution in [0.5, 0.6) is 0 Å². The summed E-state index contributed by atoms with van der Waals surface area (Å²) in [6.07, 6.45) is 1.12. The lowest BCUT2D eigenvalue weighted by Gasteiger charge is -1.98. The van der Waals surface area contributed by atoms with E-state index in [2.05, 4.69) is 0 Å². The molecule has 0 unspecified atom stereocenters. The Balaban J connectivity index is 2.31. The summed E-state index contributed by atoms with van der Waals surface area (Å²) in [5, 5.41) is 9.33. The molecule has 0 aliphatic carbocycles. The van der Waals surface area contributed by atoms with Gasteiger partial charge < -0.3 is 9.52 Å². The Bertz CT molecular complexity index is 594. The van der Waals surface area contributed by atoms with Crippen LogP contribution in [0.15, 0.2) is 46.9 Å². The van der Waals surface area contributed by atoms with E-state index in [1.807, 2.05) is 12.1 Å². The number of carboxylic acid groups (broad SMARTS) is 1. The Labute approximate surface area is 109 Å². The number of rotatable bonds is 3. The molecule has 92 valence electrons. The average Bonchev–Trinajstić information content (AvgIpc) is 2.78. The Morgan fingerprint density at radius 2 is 1.89 bits per heavy atom. The van der Waals surface area contributed by atoms with Gasteiger partial charge in [0.15, 0.2) is 0 Å². The summed E-state index contributed by atoms with van der Waals surface area (Å²) in [5.41, 5.74) is 1.47. The fourth-order valence-corrected chi connectivity index (χ4v) is 1.70. The highest BCUT2D eigenvalue weighted by Gasteiger charge is 2.07. The molecule has 3 nitrogen and oxygen atoms in total. The first-order valence-corrected chi connectivity index (χ1v) is 5.71. The van der Waals surface area contributed by atoms with Crippen molar-refractivity contribution in [2.24, 2.45) is 0 Å². The number of hydrogen-bond donors (Lipinski definition) is 1. The van der Waals surface area contributed by atoms with Crippen molar-refractivity contribution in [1.82, 2.24) is 0 Å². The van der Waals surface area contributed by atoms with Crippen LogP contribution in [0.1, 0.15) is 12.7 Å².